The Kier molecular flexibility index (Phi) is 10.2. The number of halogens is 1. The maximum absolute atomic E-state index is 9.76. The SMILES string of the molecule is C[C@H](OC[C@H](C)N[C@H]1CC[C@H](Nc2cc(-c3cccc(NCC4(C#N)CCOCC4)n3)c(Cl)cn2)CC1)c1nn[nH]n1. The molecule has 224 valence electrons. The Morgan fingerprint density at radius 2 is 1.95 bits per heavy atom. The van der Waals surface area contributed by atoms with Gasteiger partial charge in [0.2, 0.25) is 5.82 Å². The van der Waals surface area contributed by atoms with Crippen LogP contribution in [0.2, 0.25) is 5.02 Å². The molecule has 5 rings (SSSR count). The lowest BCUT2D eigenvalue weighted by atomic mass is 9.82. The van der Waals surface area contributed by atoms with Gasteiger partial charge in [-0.05, 0) is 70.6 Å². The molecule has 0 bridgehead atoms. The molecule has 2 aliphatic rings. The van der Waals surface area contributed by atoms with Gasteiger partial charge in [0.05, 0.1) is 28.8 Å². The van der Waals surface area contributed by atoms with E-state index < -0.39 is 5.41 Å². The fraction of sp³-hybridized carbons (Fsp3) is 0.586. The fourth-order valence-corrected chi connectivity index (χ4v) is 5.72. The van der Waals surface area contributed by atoms with Gasteiger partial charge in [-0.25, -0.2) is 9.97 Å². The smallest absolute Gasteiger partial charge is 0.202 e. The second kappa shape index (κ2) is 14.2. The molecule has 3 aromatic rings. The summed E-state index contributed by atoms with van der Waals surface area (Å²) in [6.45, 7) is 6.39. The van der Waals surface area contributed by atoms with Crippen molar-refractivity contribution in [2.45, 2.75) is 76.6 Å². The number of nitrogens with one attached hydrogen (secondary N) is 4. The van der Waals surface area contributed by atoms with E-state index in [-0.39, 0.29) is 12.1 Å². The van der Waals surface area contributed by atoms with Crippen molar-refractivity contribution in [1.82, 2.24) is 35.9 Å². The van der Waals surface area contributed by atoms with Gasteiger partial charge in [-0.15, -0.1) is 10.2 Å². The maximum Gasteiger partial charge on any atom is 0.202 e. The molecular weight excluding hydrogens is 556 g/mol. The number of H-pyrrole nitrogens is 1. The van der Waals surface area contributed by atoms with Crippen molar-refractivity contribution in [1.29, 1.82) is 5.26 Å². The summed E-state index contributed by atoms with van der Waals surface area (Å²) in [6, 6.07) is 11.3. The molecule has 1 aliphatic heterocycles. The third-order valence-electron chi connectivity index (χ3n) is 8.10. The quantitative estimate of drug-likeness (QED) is 0.233. The zero-order chi connectivity index (χ0) is 29.4. The number of rotatable bonds is 12. The van der Waals surface area contributed by atoms with Crippen LogP contribution in [0.5, 0.6) is 0 Å². The Morgan fingerprint density at radius 1 is 1.17 bits per heavy atom. The van der Waals surface area contributed by atoms with Gasteiger partial charge in [0.15, 0.2) is 0 Å². The summed E-state index contributed by atoms with van der Waals surface area (Å²) in [6.07, 6.45) is 7.11. The number of hydrogen-bond donors (Lipinski definition) is 4. The Labute approximate surface area is 251 Å². The van der Waals surface area contributed by atoms with Gasteiger partial charge in [0.1, 0.15) is 17.7 Å². The van der Waals surface area contributed by atoms with Crippen LogP contribution in [0, 0.1) is 16.7 Å². The summed E-state index contributed by atoms with van der Waals surface area (Å²) in [5.74, 6) is 2.06. The highest BCUT2D eigenvalue weighted by atomic mass is 35.5. The van der Waals surface area contributed by atoms with Crippen molar-refractivity contribution in [3.8, 4) is 17.3 Å². The van der Waals surface area contributed by atoms with E-state index in [9.17, 15) is 5.26 Å². The van der Waals surface area contributed by atoms with Crippen molar-refractivity contribution >= 4 is 23.2 Å². The molecule has 1 aliphatic carbocycles. The molecule has 0 radical (unpaired) electrons. The number of ether oxygens (including phenoxy) is 2. The Balaban J connectivity index is 1.11. The van der Waals surface area contributed by atoms with Crippen LogP contribution < -0.4 is 16.0 Å². The van der Waals surface area contributed by atoms with Gasteiger partial charge in [0, 0.05) is 49.6 Å². The number of aromatic nitrogens is 6. The van der Waals surface area contributed by atoms with Crippen LogP contribution in [0.1, 0.15) is 64.3 Å². The number of nitrogens with zero attached hydrogens (tertiary/aromatic N) is 6. The second-order valence-corrected chi connectivity index (χ2v) is 11.7. The minimum Gasteiger partial charge on any atom is -0.381 e. The van der Waals surface area contributed by atoms with E-state index in [0.29, 0.717) is 68.0 Å². The van der Waals surface area contributed by atoms with Crippen LogP contribution >= 0.6 is 11.6 Å². The van der Waals surface area contributed by atoms with Crippen LogP contribution in [0.15, 0.2) is 30.5 Å². The van der Waals surface area contributed by atoms with Gasteiger partial charge < -0.3 is 25.4 Å². The normalized spacial score (nSPS) is 21.7. The number of aromatic amines is 1. The summed E-state index contributed by atoms with van der Waals surface area (Å²) in [7, 11) is 0. The molecule has 0 spiro atoms. The first-order chi connectivity index (χ1) is 20.4. The van der Waals surface area contributed by atoms with E-state index in [1.165, 1.54) is 0 Å². The first kappa shape index (κ1) is 30.1. The van der Waals surface area contributed by atoms with E-state index >= 15 is 0 Å². The minimum atomic E-state index is -0.434. The molecular formula is C29H39ClN10O2. The molecule has 2 fully saturated rings. The molecule has 3 aromatic heterocycles. The molecule has 0 aromatic carbocycles. The molecule has 1 saturated carbocycles. The van der Waals surface area contributed by atoms with Crippen molar-refractivity contribution in [2.75, 3.05) is 37.0 Å². The largest absolute Gasteiger partial charge is 0.381 e. The molecule has 12 nitrogen and oxygen atoms in total. The highest BCUT2D eigenvalue weighted by Gasteiger charge is 2.32. The Morgan fingerprint density at radius 3 is 2.69 bits per heavy atom. The van der Waals surface area contributed by atoms with E-state index in [1.807, 2.05) is 31.2 Å². The van der Waals surface area contributed by atoms with Gasteiger partial charge >= 0.3 is 0 Å². The first-order valence-corrected chi connectivity index (χ1v) is 15.0. The lowest BCUT2D eigenvalue weighted by molar-refractivity contribution is 0.0436. The van der Waals surface area contributed by atoms with E-state index in [0.717, 1.165) is 42.8 Å². The van der Waals surface area contributed by atoms with Crippen LogP contribution in [0.25, 0.3) is 11.3 Å². The van der Waals surface area contributed by atoms with Crippen molar-refractivity contribution in [3.05, 3.63) is 41.3 Å². The number of anilines is 2. The fourth-order valence-electron chi connectivity index (χ4n) is 5.52. The zero-order valence-corrected chi connectivity index (χ0v) is 24.9. The zero-order valence-electron chi connectivity index (χ0n) is 24.1. The molecule has 0 amide bonds. The Hall–Kier alpha value is -3.37. The predicted octanol–water partition coefficient (Wildman–Crippen LogP) is 4.52. The highest BCUT2D eigenvalue weighted by Crippen LogP contribution is 2.32. The van der Waals surface area contributed by atoms with Crippen LogP contribution in [-0.2, 0) is 9.47 Å². The molecule has 13 heteroatoms. The summed E-state index contributed by atoms with van der Waals surface area (Å²) in [5.41, 5.74) is 1.14. The predicted molar refractivity (Wildman–Crippen MR) is 160 cm³/mol. The molecule has 0 unspecified atom stereocenters. The van der Waals surface area contributed by atoms with Crippen LogP contribution in [0.3, 0.4) is 0 Å². The summed E-state index contributed by atoms with van der Waals surface area (Å²) in [5, 5.41) is 35.0. The number of pyridine rings is 2. The van der Waals surface area contributed by atoms with Gasteiger partial charge in [-0.3, -0.25) is 0 Å². The van der Waals surface area contributed by atoms with E-state index in [2.05, 4.69) is 54.6 Å². The topological polar surface area (TPSA) is 159 Å². The monoisotopic (exact) mass is 594 g/mol. The second-order valence-electron chi connectivity index (χ2n) is 11.3. The van der Waals surface area contributed by atoms with Gasteiger partial charge in [-0.1, -0.05) is 22.9 Å². The average molecular weight is 595 g/mol. The number of tetrazole rings is 1. The van der Waals surface area contributed by atoms with Gasteiger partial charge in [-0.2, -0.15) is 10.5 Å². The van der Waals surface area contributed by atoms with Crippen LogP contribution in [-0.4, -0.2) is 75.1 Å². The van der Waals surface area contributed by atoms with E-state index in [4.69, 9.17) is 26.1 Å². The molecule has 4 N–H and O–H groups in total. The maximum atomic E-state index is 9.76. The summed E-state index contributed by atoms with van der Waals surface area (Å²) >= 11 is 6.57. The lowest BCUT2D eigenvalue weighted by Crippen LogP contribution is -2.43. The van der Waals surface area contributed by atoms with Crippen LogP contribution in [0.4, 0.5) is 11.6 Å². The summed E-state index contributed by atoms with van der Waals surface area (Å²) in [4.78, 5) is 9.34. The summed E-state index contributed by atoms with van der Waals surface area (Å²) < 4.78 is 11.3. The van der Waals surface area contributed by atoms with E-state index in [1.54, 1.807) is 6.20 Å². The third-order valence-corrected chi connectivity index (χ3v) is 8.40. The number of hydrogen-bond acceptors (Lipinski definition) is 11. The molecule has 42 heavy (non-hydrogen) atoms. The third kappa shape index (κ3) is 7.92. The number of nitriles is 1. The standard InChI is InChI=1S/C29H39ClN10O2/c1-19(16-42-20(2)28-37-39-40-38-28)34-21-6-8-22(9-7-21)35-27-14-23(24(30)15-32-27)25-4-3-5-26(36-25)33-18-29(17-31)10-12-41-13-11-29/h3-5,14-15,19-22,34H,6-13,16,18H2,1-2H3,(H,32,35)(H,33,36)(H,37,38,39,40)/t19-,20-,21-,22-/m0/s1. The minimum absolute atomic E-state index is 0.202. The Bertz CT molecular complexity index is 1320. The average Bonchev–Trinajstić information content (AvgIpc) is 3.57. The first-order valence-electron chi connectivity index (χ1n) is 14.7. The molecule has 4 heterocycles. The van der Waals surface area contributed by atoms with Crippen molar-refractivity contribution in [3.63, 3.8) is 0 Å². The van der Waals surface area contributed by atoms with Crippen molar-refractivity contribution in [2.24, 2.45) is 5.41 Å². The molecule has 1 saturated heterocycles. The lowest BCUT2D eigenvalue weighted by Gasteiger charge is -2.32. The van der Waals surface area contributed by atoms with Gasteiger partial charge in [0.25, 0.3) is 0 Å². The molecule has 2 atom stereocenters. The van der Waals surface area contributed by atoms with Crippen molar-refractivity contribution < 1.29 is 9.47 Å². The highest BCUT2D eigenvalue weighted by molar-refractivity contribution is 6.33.